The Morgan fingerprint density at radius 2 is 1.79 bits per heavy atom. The third-order valence-corrected chi connectivity index (χ3v) is 3.70. The van der Waals surface area contributed by atoms with Crippen LogP contribution in [0, 0.1) is 6.92 Å². The van der Waals surface area contributed by atoms with E-state index in [1.54, 1.807) is 0 Å². The highest BCUT2D eigenvalue weighted by atomic mass is 16.5. The second kappa shape index (κ2) is 8.92. The number of nitrogens with one attached hydrogen (secondary N) is 1. The van der Waals surface area contributed by atoms with Gasteiger partial charge in [-0.3, -0.25) is 0 Å². The molecular weight excluding hydrogens is 296 g/mol. The number of rotatable bonds is 1. The number of benzene rings is 2. The van der Waals surface area contributed by atoms with Crippen LogP contribution in [0.2, 0.25) is 0 Å². The Labute approximate surface area is 145 Å². The van der Waals surface area contributed by atoms with Crippen LogP contribution >= 0.6 is 0 Å². The molecule has 0 spiro atoms. The van der Waals surface area contributed by atoms with E-state index in [9.17, 15) is 0 Å². The molecule has 0 bridgehead atoms. The first-order valence-electron chi connectivity index (χ1n) is 8.60. The van der Waals surface area contributed by atoms with Gasteiger partial charge in [-0.25, -0.2) is 4.98 Å². The summed E-state index contributed by atoms with van der Waals surface area (Å²) in [6, 6.07) is 16.2. The van der Waals surface area contributed by atoms with E-state index >= 15 is 0 Å². The smallest absolute Gasteiger partial charge is 0.130 e. The van der Waals surface area contributed by atoms with E-state index in [2.05, 4.69) is 29.0 Å². The van der Waals surface area contributed by atoms with Crippen molar-refractivity contribution in [1.82, 2.24) is 9.97 Å². The van der Waals surface area contributed by atoms with Crippen LogP contribution in [0.3, 0.4) is 0 Å². The van der Waals surface area contributed by atoms with Crippen LogP contribution in [-0.4, -0.2) is 9.97 Å². The molecule has 1 N–H and O–H groups in total. The number of allylic oxidation sites excluding steroid dienone is 1. The van der Waals surface area contributed by atoms with Crippen LogP contribution in [0.1, 0.15) is 40.0 Å². The number of ether oxygens (including phenoxy) is 1. The number of nitrogens with zero attached hydrogens (tertiary/aromatic N) is 1. The Kier molecular flexibility index (Phi) is 6.62. The van der Waals surface area contributed by atoms with Gasteiger partial charge < -0.3 is 9.72 Å². The van der Waals surface area contributed by atoms with Gasteiger partial charge >= 0.3 is 0 Å². The largest absolute Gasteiger partial charge is 0.465 e. The average molecular weight is 324 g/mol. The molecule has 2 heterocycles. The first-order chi connectivity index (χ1) is 11.8. The maximum Gasteiger partial charge on any atom is 0.130 e. The fourth-order valence-electron chi connectivity index (χ4n) is 2.49. The standard InChI is InChI=1S/C11H12O.C8H8N2.C2H6.H2/c1-2-9-7-10-5-3-4-6-11(10)12-8-9;1-6-9-7-4-2-3-5-8(7)10-6;1-2;/h3-6,8H,2,7H2,1H3;2-5H,1H3,(H,9,10);1-2H3;1H. The average Bonchev–Trinajstić information content (AvgIpc) is 3.03. The normalized spacial score (nSPS) is 11.9. The topological polar surface area (TPSA) is 37.9 Å². The molecular formula is C21H28N2O. The first-order valence-corrected chi connectivity index (χ1v) is 8.60. The number of aromatic nitrogens is 2. The third kappa shape index (κ3) is 4.48. The van der Waals surface area contributed by atoms with Crippen molar-refractivity contribution in [3.63, 3.8) is 0 Å². The molecule has 0 saturated carbocycles. The van der Waals surface area contributed by atoms with Gasteiger partial charge in [0.25, 0.3) is 0 Å². The van der Waals surface area contributed by atoms with Crippen molar-refractivity contribution in [1.29, 1.82) is 0 Å². The van der Waals surface area contributed by atoms with E-state index < -0.39 is 0 Å². The fraction of sp³-hybridized carbons (Fsp3) is 0.286. The summed E-state index contributed by atoms with van der Waals surface area (Å²) in [5, 5.41) is 0. The Morgan fingerprint density at radius 3 is 2.54 bits per heavy atom. The van der Waals surface area contributed by atoms with Crippen LogP contribution in [0.25, 0.3) is 11.0 Å². The highest BCUT2D eigenvalue weighted by Gasteiger charge is 2.09. The number of imidazole rings is 1. The molecule has 3 nitrogen and oxygen atoms in total. The lowest BCUT2D eigenvalue weighted by atomic mass is 10.0. The Hall–Kier alpha value is -2.55. The van der Waals surface area contributed by atoms with E-state index in [4.69, 9.17) is 4.74 Å². The number of hydrogen-bond donors (Lipinski definition) is 1. The second-order valence-corrected chi connectivity index (χ2v) is 5.37. The van der Waals surface area contributed by atoms with Crippen molar-refractivity contribution in [2.45, 2.75) is 40.5 Å². The zero-order chi connectivity index (χ0) is 17.4. The van der Waals surface area contributed by atoms with Gasteiger partial charge in [-0.2, -0.15) is 0 Å². The summed E-state index contributed by atoms with van der Waals surface area (Å²) in [6.07, 6.45) is 4.00. The molecule has 128 valence electrons. The molecule has 0 saturated heterocycles. The van der Waals surface area contributed by atoms with Gasteiger partial charge in [-0.05, 0) is 42.7 Å². The molecule has 2 aromatic carbocycles. The van der Waals surface area contributed by atoms with Gasteiger partial charge in [-0.15, -0.1) is 0 Å². The van der Waals surface area contributed by atoms with Gasteiger partial charge in [0.15, 0.2) is 0 Å². The minimum Gasteiger partial charge on any atom is -0.465 e. The predicted molar refractivity (Wildman–Crippen MR) is 103 cm³/mol. The highest BCUT2D eigenvalue weighted by Crippen LogP contribution is 2.26. The zero-order valence-electron chi connectivity index (χ0n) is 15.0. The lowest BCUT2D eigenvalue weighted by Crippen LogP contribution is -2.01. The molecule has 0 fully saturated rings. The van der Waals surface area contributed by atoms with Gasteiger partial charge in [0.2, 0.25) is 0 Å². The Morgan fingerprint density at radius 1 is 1.08 bits per heavy atom. The quantitative estimate of drug-likeness (QED) is 0.591. The molecule has 0 amide bonds. The molecule has 0 unspecified atom stereocenters. The molecule has 3 aromatic rings. The van der Waals surface area contributed by atoms with Crippen LogP contribution in [-0.2, 0) is 6.42 Å². The summed E-state index contributed by atoms with van der Waals surface area (Å²) in [5.41, 5.74) is 4.82. The van der Waals surface area contributed by atoms with Crippen LogP contribution < -0.4 is 4.74 Å². The maximum atomic E-state index is 5.46. The van der Waals surface area contributed by atoms with Gasteiger partial charge in [-0.1, -0.05) is 51.1 Å². The molecule has 0 radical (unpaired) electrons. The lowest BCUT2D eigenvalue weighted by Gasteiger charge is -2.15. The van der Waals surface area contributed by atoms with Gasteiger partial charge in [0.05, 0.1) is 17.3 Å². The monoisotopic (exact) mass is 324 g/mol. The lowest BCUT2D eigenvalue weighted by molar-refractivity contribution is 0.454. The third-order valence-electron chi connectivity index (χ3n) is 3.70. The number of para-hydroxylation sites is 3. The Balaban J connectivity index is 0.000000222. The number of aryl methyl sites for hydroxylation is 1. The molecule has 0 atom stereocenters. The maximum absolute atomic E-state index is 5.46. The number of fused-ring (bicyclic) bond motifs is 2. The second-order valence-electron chi connectivity index (χ2n) is 5.37. The molecule has 1 aromatic heterocycles. The van der Waals surface area contributed by atoms with Crippen molar-refractivity contribution in [2.75, 3.05) is 0 Å². The SMILES string of the molecule is CC.CCC1=COc2ccccc2C1.Cc1nc2ccccc2[nH]1.[HH]. The minimum absolute atomic E-state index is 0. The summed E-state index contributed by atoms with van der Waals surface area (Å²) >= 11 is 0. The van der Waals surface area contributed by atoms with E-state index in [1.165, 1.54) is 11.1 Å². The van der Waals surface area contributed by atoms with Crippen LogP contribution in [0.15, 0.2) is 60.4 Å². The predicted octanol–water partition coefficient (Wildman–Crippen LogP) is 6.06. The van der Waals surface area contributed by atoms with Crippen molar-refractivity contribution >= 4 is 11.0 Å². The molecule has 3 heteroatoms. The summed E-state index contributed by atoms with van der Waals surface area (Å²) in [6.45, 7) is 8.11. The van der Waals surface area contributed by atoms with E-state index in [0.717, 1.165) is 35.4 Å². The van der Waals surface area contributed by atoms with Crippen molar-refractivity contribution in [3.8, 4) is 5.75 Å². The van der Waals surface area contributed by atoms with Gasteiger partial charge in [0, 0.05) is 7.85 Å². The van der Waals surface area contributed by atoms with E-state index in [-0.39, 0.29) is 1.43 Å². The minimum atomic E-state index is 0. The molecule has 4 rings (SSSR count). The summed E-state index contributed by atoms with van der Waals surface area (Å²) in [5.74, 6) is 1.98. The van der Waals surface area contributed by atoms with Gasteiger partial charge in [0.1, 0.15) is 11.6 Å². The Bertz CT molecular complexity index is 775. The van der Waals surface area contributed by atoms with E-state index in [0.29, 0.717) is 0 Å². The molecule has 1 aliphatic rings. The summed E-state index contributed by atoms with van der Waals surface area (Å²) in [4.78, 5) is 7.40. The van der Waals surface area contributed by atoms with Crippen molar-refractivity contribution < 1.29 is 6.16 Å². The first kappa shape index (κ1) is 17.8. The van der Waals surface area contributed by atoms with Crippen molar-refractivity contribution in [2.24, 2.45) is 0 Å². The number of aromatic amines is 1. The molecule has 0 aliphatic carbocycles. The number of hydrogen-bond acceptors (Lipinski definition) is 2. The van der Waals surface area contributed by atoms with Crippen LogP contribution in [0.4, 0.5) is 0 Å². The highest BCUT2D eigenvalue weighted by molar-refractivity contribution is 5.74. The number of H-pyrrole nitrogens is 1. The zero-order valence-corrected chi connectivity index (χ0v) is 15.0. The van der Waals surface area contributed by atoms with E-state index in [1.807, 2.05) is 63.4 Å². The summed E-state index contributed by atoms with van der Waals surface area (Å²) < 4.78 is 5.46. The molecule has 24 heavy (non-hydrogen) atoms. The fourth-order valence-corrected chi connectivity index (χ4v) is 2.49. The van der Waals surface area contributed by atoms with Crippen LogP contribution in [0.5, 0.6) is 5.75 Å². The summed E-state index contributed by atoms with van der Waals surface area (Å²) in [7, 11) is 0. The van der Waals surface area contributed by atoms with Crippen molar-refractivity contribution in [3.05, 3.63) is 71.8 Å². The molecule has 1 aliphatic heterocycles.